The second-order valence-electron chi connectivity index (χ2n) is 1.49. The first-order chi connectivity index (χ1) is 5.20. The van der Waals surface area contributed by atoms with E-state index in [0.29, 0.717) is 0 Å². The Morgan fingerprint density at radius 2 is 1.75 bits per heavy atom. The Labute approximate surface area is 64.2 Å². The summed E-state index contributed by atoms with van der Waals surface area (Å²) in [4.78, 5) is 9.80. The van der Waals surface area contributed by atoms with Crippen molar-refractivity contribution >= 4 is 16.1 Å². The second-order valence-corrected chi connectivity index (χ2v) is 3.03. The number of carbonyl (C=O) groups excluding carboxylic acids is 1. The third-order valence-corrected chi connectivity index (χ3v) is 1.57. The van der Waals surface area contributed by atoms with Gasteiger partial charge in [-0.2, -0.15) is 21.6 Å². The van der Waals surface area contributed by atoms with E-state index in [9.17, 15) is 30.8 Å². The molecule has 0 aliphatic carbocycles. The molecule has 0 heterocycles. The van der Waals surface area contributed by atoms with E-state index in [1.807, 2.05) is 0 Å². The number of rotatable bonds is 2. The van der Waals surface area contributed by atoms with Crippen LogP contribution in [0.3, 0.4) is 0 Å². The SMILES string of the molecule is O=C(CF)OS(=O)(=O)C(F)(F)F. The maximum absolute atomic E-state index is 11.3. The largest absolute Gasteiger partial charge is 0.534 e. The first-order valence-electron chi connectivity index (χ1n) is 2.30. The first-order valence-corrected chi connectivity index (χ1v) is 3.71. The van der Waals surface area contributed by atoms with Gasteiger partial charge >= 0.3 is 21.6 Å². The normalized spacial score (nSPS) is 12.7. The fourth-order valence-corrected chi connectivity index (χ4v) is 0.576. The van der Waals surface area contributed by atoms with Crippen molar-refractivity contribution in [2.45, 2.75) is 5.51 Å². The molecule has 0 bridgehead atoms. The van der Waals surface area contributed by atoms with Gasteiger partial charge in [-0.05, 0) is 0 Å². The molecular weight excluding hydrogens is 208 g/mol. The van der Waals surface area contributed by atoms with E-state index < -0.39 is 28.3 Å². The monoisotopic (exact) mass is 210 g/mol. The molecular formula is C3H2F4O4S. The number of hydrogen-bond donors (Lipinski definition) is 0. The van der Waals surface area contributed by atoms with Crippen molar-refractivity contribution in [2.75, 3.05) is 6.67 Å². The minimum absolute atomic E-state index is 1.94. The molecule has 0 aliphatic heterocycles. The molecule has 0 fully saturated rings. The van der Waals surface area contributed by atoms with Crippen molar-refractivity contribution in [3.63, 3.8) is 0 Å². The van der Waals surface area contributed by atoms with Crippen LogP contribution < -0.4 is 0 Å². The quantitative estimate of drug-likeness (QED) is 0.375. The molecule has 0 radical (unpaired) electrons. The summed E-state index contributed by atoms with van der Waals surface area (Å²) in [6.45, 7) is -1.94. The van der Waals surface area contributed by atoms with E-state index in [4.69, 9.17) is 0 Å². The topological polar surface area (TPSA) is 60.4 Å². The van der Waals surface area contributed by atoms with Crippen LogP contribution in [0.5, 0.6) is 0 Å². The van der Waals surface area contributed by atoms with Gasteiger partial charge in [-0.3, -0.25) is 0 Å². The van der Waals surface area contributed by atoms with Crippen LogP contribution in [0.25, 0.3) is 0 Å². The Kier molecular flexibility index (Phi) is 3.02. The molecule has 9 heteroatoms. The molecule has 0 aromatic carbocycles. The maximum Gasteiger partial charge on any atom is 0.534 e. The van der Waals surface area contributed by atoms with Crippen LogP contribution in [0.4, 0.5) is 17.6 Å². The van der Waals surface area contributed by atoms with Crippen LogP contribution in [-0.4, -0.2) is 26.6 Å². The van der Waals surface area contributed by atoms with Gasteiger partial charge in [0.25, 0.3) is 0 Å². The zero-order valence-corrected chi connectivity index (χ0v) is 6.08. The summed E-state index contributed by atoms with van der Waals surface area (Å²) in [7, 11) is -6.00. The van der Waals surface area contributed by atoms with Gasteiger partial charge in [-0.1, -0.05) is 0 Å². The van der Waals surface area contributed by atoms with Crippen molar-refractivity contribution in [1.82, 2.24) is 0 Å². The molecule has 0 aromatic rings. The zero-order chi connectivity index (χ0) is 9.99. The molecule has 12 heavy (non-hydrogen) atoms. The Hall–Kier alpha value is -0.860. The fourth-order valence-electron chi connectivity index (χ4n) is 0.192. The Bertz CT molecular complexity index is 265. The van der Waals surface area contributed by atoms with Gasteiger partial charge in [0.1, 0.15) is 0 Å². The molecule has 0 spiro atoms. The lowest BCUT2D eigenvalue weighted by atomic mass is 10.8. The Balaban J connectivity index is 4.58. The van der Waals surface area contributed by atoms with Gasteiger partial charge in [0.15, 0.2) is 6.67 Å². The van der Waals surface area contributed by atoms with Crippen LogP contribution in [0.2, 0.25) is 0 Å². The highest BCUT2D eigenvalue weighted by Crippen LogP contribution is 2.24. The van der Waals surface area contributed by atoms with Crippen molar-refractivity contribution in [3.8, 4) is 0 Å². The van der Waals surface area contributed by atoms with Crippen LogP contribution in [-0.2, 0) is 19.1 Å². The highest BCUT2D eigenvalue weighted by atomic mass is 32.2. The summed E-state index contributed by atoms with van der Waals surface area (Å²) in [6.07, 6.45) is 0. The molecule has 0 rings (SSSR count). The number of halogens is 4. The minimum atomic E-state index is -6.00. The van der Waals surface area contributed by atoms with Crippen molar-refractivity contribution in [1.29, 1.82) is 0 Å². The smallest absolute Gasteiger partial charge is 0.337 e. The molecule has 0 N–H and O–H groups in total. The van der Waals surface area contributed by atoms with E-state index in [0.717, 1.165) is 0 Å². The van der Waals surface area contributed by atoms with Gasteiger partial charge in [-0.25, -0.2) is 9.18 Å². The Morgan fingerprint density at radius 1 is 1.33 bits per heavy atom. The average Bonchev–Trinajstić information content (AvgIpc) is 1.84. The fraction of sp³-hybridized carbons (Fsp3) is 0.667. The van der Waals surface area contributed by atoms with E-state index in [1.165, 1.54) is 0 Å². The van der Waals surface area contributed by atoms with Crippen molar-refractivity contribution in [2.24, 2.45) is 0 Å². The third-order valence-electron chi connectivity index (χ3n) is 0.595. The number of alkyl halides is 4. The highest BCUT2D eigenvalue weighted by Gasteiger charge is 2.49. The molecule has 4 nitrogen and oxygen atoms in total. The summed E-state index contributed by atoms with van der Waals surface area (Å²) < 4.78 is 67.8. The summed E-state index contributed by atoms with van der Waals surface area (Å²) in [6, 6.07) is 0. The zero-order valence-electron chi connectivity index (χ0n) is 5.26. The second kappa shape index (κ2) is 3.25. The molecule has 0 aliphatic rings. The third kappa shape index (κ3) is 2.64. The lowest BCUT2D eigenvalue weighted by Gasteiger charge is -2.05. The molecule has 0 saturated heterocycles. The van der Waals surface area contributed by atoms with E-state index >= 15 is 0 Å². The molecule has 0 aromatic heterocycles. The molecule has 0 unspecified atom stereocenters. The van der Waals surface area contributed by atoms with Gasteiger partial charge < -0.3 is 4.18 Å². The highest BCUT2D eigenvalue weighted by molar-refractivity contribution is 7.88. The van der Waals surface area contributed by atoms with Crippen LogP contribution in [0.1, 0.15) is 0 Å². The molecule has 72 valence electrons. The molecule has 0 atom stereocenters. The summed E-state index contributed by atoms with van der Waals surface area (Å²) >= 11 is 0. The van der Waals surface area contributed by atoms with E-state index in [1.54, 1.807) is 0 Å². The first kappa shape index (κ1) is 11.1. The van der Waals surface area contributed by atoms with Crippen LogP contribution in [0.15, 0.2) is 0 Å². The lowest BCUT2D eigenvalue weighted by molar-refractivity contribution is -0.137. The van der Waals surface area contributed by atoms with Crippen molar-refractivity contribution in [3.05, 3.63) is 0 Å². The van der Waals surface area contributed by atoms with Crippen molar-refractivity contribution < 1.29 is 35.0 Å². The predicted octanol–water partition coefficient (Wildman–Crippen LogP) is 0.349. The standard InChI is InChI=1S/C3H2F4O4S/c4-1-2(8)11-12(9,10)3(5,6)7/h1H2. The number of hydrogen-bond acceptors (Lipinski definition) is 4. The summed E-state index contributed by atoms with van der Waals surface area (Å²) in [5.74, 6) is -2.10. The number of carbonyl (C=O) groups is 1. The van der Waals surface area contributed by atoms with E-state index in [2.05, 4.69) is 4.18 Å². The van der Waals surface area contributed by atoms with Crippen LogP contribution in [0, 0.1) is 0 Å². The maximum atomic E-state index is 11.3. The van der Waals surface area contributed by atoms with Gasteiger partial charge in [-0.15, -0.1) is 0 Å². The van der Waals surface area contributed by atoms with Gasteiger partial charge in [0.2, 0.25) is 0 Å². The summed E-state index contributed by atoms with van der Waals surface area (Å²) in [5.41, 5.74) is -5.71. The van der Waals surface area contributed by atoms with Gasteiger partial charge in [0, 0.05) is 0 Å². The average molecular weight is 210 g/mol. The van der Waals surface area contributed by atoms with Crippen LogP contribution >= 0.6 is 0 Å². The summed E-state index contributed by atoms with van der Waals surface area (Å²) in [5, 5.41) is 0. The van der Waals surface area contributed by atoms with E-state index in [-0.39, 0.29) is 0 Å². The molecule has 0 saturated carbocycles. The van der Waals surface area contributed by atoms with Gasteiger partial charge in [0.05, 0.1) is 0 Å². The lowest BCUT2D eigenvalue weighted by Crippen LogP contribution is -2.28. The Morgan fingerprint density at radius 3 is 2.00 bits per heavy atom. The minimum Gasteiger partial charge on any atom is -0.337 e. The predicted molar refractivity (Wildman–Crippen MR) is 27.0 cm³/mol. The molecule has 0 amide bonds.